The van der Waals surface area contributed by atoms with Crippen molar-refractivity contribution in [3.05, 3.63) is 0 Å². The van der Waals surface area contributed by atoms with Crippen LogP contribution < -0.4 is 0 Å². The largest absolute Gasteiger partial charge is 0.338 e. The van der Waals surface area contributed by atoms with Gasteiger partial charge in [-0.1, -0.05) is 19.3 Å². The Morgan fingerprint density at radius 2 is 1.63 bits per heavy atom. The molecule has 0 radical (unpaired) electrons. The molecule has 150 valence electrons. The van der Waals surface area contributed by atoms with E-state index >= 15 is 0 Å². The standard InChI is InChI=1S/C24H39N3/c1-17-15-25-23-26(22(16-27(17)23)21-5-3-2-4-6-21)8-7-24-12-18-9-19(13-24)11-20(10-18)14-24/h17-22H,2-16H2,1H3/t17-,18?,19?,20?,22+,24?/m0/s1. The Morgan fingerprint density at radius 1 is 0.963 bits per heavy atom. The van der Waals surface area contributed by atoms with E-state index in [1.54, 1.807) is 38.5 Å². The first-order valence-corrected chi connectivity index (χ1v) is 12.3. The molecule has 7 aliphatic rings. The summed E-state index contributed by atoms with van der Waals surface area (Å²) in [4.78, 5) is 10.5. The number of guanidine groups is 1. The maximum Gasteiger partial charge on any atom is 0.197 e. The monoisotopic (exact) mass is 369 g/mol. The summed E-state index contributed by atoms with van der Waals surface area (Å²) in [5.74, 6) is 5.58. The lowest BCUT2D eigenvalue weighted by atomic mass is 9.49. The van der Waals surface area contributed by atoms with Gasteiger partial charge in [0.05, 0.1) is 12.6 Å². The number of hydrogen-bond acceptors (Lipinski definition) is 3. The smallest absolute Gasteiger partial charge is 0.197 e. The van der Waals surface area contributed by atoms with Crippen LogP contribution >= 0.6 is 0 Å². The first-order chi connectivity index (χ1) is 13.2. The molecule has 1 saturated heterocycles. The molecule has 0 aromatic rings. The minimum atomic E-state index is 0.635. The van der Waals surface area contributed by atoms with Crippen LogP contribution in [-0.4, -0.2) is 47.5 Å². The number of aliphatic imine (C=N–C) groups is 1. The van der Waals surface area contributed by atoms with Gasteiger partial charge in [-0.25, -0.2) is 0 Å². The van der Waals surface area contributed by atoms with Crippen LogP contribution in [0.4, 0.5) is 0 Å². The van der Waals surface area contributed by atoms with Crippen LogP contribution in [0, 0.1) is 29.1 Å². The molecule has 3 heteroatoms. The van der Waals surface area contributed by atoms with Crippen molar-refractivity contribution in [1.82, 2.24) is 9.80 Å². The highest BCUT2D eigenvalue weighted by molar-refractivity contribution is 5.84. The van der Waals surface area contributed by atoms with Crippen LogP contribution in [0.5, 0.6) is 0 Å². The molecule has 6 fully saturated rings. The van der Waals surface area contributed by atoms with Crippen LogP contribution in [0.2, 0.25) is 0 Å². The van der Waals surface area contributed by atoms with E-state index in [4.69, 9.17) is 4.99 Å². The van der Waals surface area contributed by atoms with Crippen molar-refractivity contribution in [3.63, 3.8) is 0 Å². The average Bonchev–Trinajstić information content (AvgIpc) is 3.20. The van der Waals surface area contributed by atoms with Crippen LogP contribution in [0.15, 0.2) is 4.99 Å². The highest BCUT2D eigenvalue weighted by Crippen LogP contribution is 2.61. The van der Waals surface area contributed by atoms with Crippen LogP contribution in [0.1, 0.15) is 84.0 Å². The number of nitrogens with zero attached hydrogens (tertiary/aromatic N) is 3. The molecule has 2 atom stereocenters. The van der Waals surface area contributed by atoms with E-state index in [0.717, 1.165) is 36.3 Å². The van der Waals surface area contributed by atoms with Crippen molar-refractivity contribution in [2.24, 2.45) is 34.1 Å². The Balaban J connectivity index is 1.20. The second-order valence-electron chi connectivity index (χ2n) is 11.5. The molecule has 0 aromatic heterocycles. The van der Waals surface area contributed by atoms with Gasteiger partial charge in [0.2, 0.25) is 0 Å². The number of fused-ring (bicyclic) bond motifs is 1. The molecule has 0 N–H and O–H groups in total. The Kier molecular flexibility index (Phi) is 4.06. The molecule has 2 aliphatic heterocycles. The molecular weight excluding hydrogens is 330 g/mol. The van der Waals surface area contributed by atoms with E-state index < -0.39 is 0 Å². The quantitative estimate of drug-likeness (QED) is 0.700. The fourth-order valence-electron chi connectivity index (χ4n) is 8.71. The SMILES string of the molecule is C[C@H]1CN=C2N(CCC34CC5CC(CC(C5)C3)C4)[C@@H](C3CCCCC3)CN21. The second kappa shape index (κ2) is 6.39. The van der Waals surface area contributed by atoms with Gasteiger partial charge in [-0.15, -0.1) is 0 Å². The molecule has 3 nitrogen and oxygen atoms in total. The predicted octanol–water partition coefficient (Wildman–Crippen LogP) is 4.92. The minimum Gasteiger partial charge on any atom is -0.338 e. The van der Waals surface area contributed by atoms with Gasteiger partial charge in [-0.05, 0) is 93.8 Å². The summed E-state index contributed by atoms with van der Waals surface area (Å²) in [5, 5.41) is 0. The van der Waals surface area contributed by atoms with Gasteiger partial charge in [0.1, 0.15) is 0 Å². The van der Waals surface area contributed by atoms with Crippen molar-refractivity contribution >= 4 is 5.96 Å². The van der Waals surface area contributed by atoms with Gasteiger partial charge in [0, 0.05) is 19.1 Å². The van der Waals surface area contributed by atoms with E-state index in [9.17, 15) is 0 Å². The number of rotatable bonds is 4. The highest BCUT2D eigenvalue weighted by Gasteiger charge is 2.51. The molecule has 5 aliphatic carbocycles. The van der Waals surface area contributed by atoms with Crippen molar-refractivity contribution in [2.45, 2.75) is 96.1 Å². The van der Waals surface area contributed by atoms with Crippen molar-refractivity contribution in [3.8, 4) is 0 Å². The lowest BCUT2D eigenvalue weighted by Crippen LogP contribution is -2.48. The molecule has 0 amide bonds. The molecule has 7 rings (SSSR count). The van der Waals surface area contributed by atoms with E-state index in [1.165, 1.54) is 57.6 Å². The van der Waals surface area contributed by atoms with Gasteiger partial charge in [0.15, 0.2) is 5.96 Å². The minimum absolute atomic E-state index is 0.635. The first-order valence-electron chi connectivity index (χ1n) is 12.3. The third-order valence-electron chi connectivity index (χ3n) is 9.57. The molecule has 0 unspecified atom stereocenters. The van der Waals surface area contributed by atoms with E-state index in [-0.39, 0.29) is 0 Å². The van der Waals surface area contributed by atoms with Crippen molar-refractivity contribution in [1.29, 1.82) is 0 Å². The van der Waals surface area contributed by atoms with Crippen LogP contribution in [-0.2, 0) is 0 Å². The normalized spacial score (nSPS) is 46.3. The first kappa shape index (κ1) is 17.2. The van der Waals surface area contributed by atoms with E-state index in [2.05, 4.69) is 16.7 Å². The number of hydrogen-bond donors (Lipinski definition) is 0. The molecular formula is C24H39N3. The predicted molar refractivity (Wildman–Crippen MR) is 111 cm³/mol. The Bertz CT molecular complexity index is 569. The summed E-state index contributed by atoms with van der Waals surface area (Å²) in [6.45, 7) is 5.98. The zero-order chi connectivity index (χ0) is 18.0. The van der Waals surface area contributed by atoms with Crippen molar-refractivity contribution < 1.29 is 0 Å². The van der Waals surface area contributed by atoms with E-state index in [0.29, 0.717) is 11.5 Å². The second-order valence-corrected chi connectivity index (χ2v) is 11.5. The highest BCUT2D eigenvalue weighted by atomic mass is 15.5. The zero-order valence-electron chi connectivity index (χ0n) is 17.4. The van der Waals surface area contributed by atoms with Gasteiger partial charge in [-0.3, -0.25) is 4.99 Å². The zero-order valence-corrected chi connectivity index (χ0v) is 17.4. The third kappa shape index (κ3) is 2.85. The Labute approximate surface area is 166 Å². The molecule has 0 spiro atoms. The van der Waals surface area contributed by atoms with Gasteiger partial charge in [0.25, 0.3) is 0 Å². The molecule has 4 bridgehead atoms. The van der Waals surface area contributed by atoms with Gasteiger partial charge in [-0.2, -0.15) is 0 Å². The molecule has 27 heavy (non-hydrogen) atoms. The fourth-order valence-corrected chi connectivity index (χ4v) is 8.71. The summed E-state index contributed by atoms with van der Waals surface area (Å²) >= 11 is 0. The summed E-state index contributed by atoms with van der Waals surface area (Å²) < 4.78 is 0. The van der Waals surface area contributed by atoms with Crippen molar-refractivity contribution in [2.75, 3.05) is 19.6 Å². The summed E-state index contributed by atoms with van der Waals surface area (Å²) in [5.41, 5.74) is 0.712. The fraction of sp³-hybridized carbons (Fsp3) is 0.958. The maximum absolute atomic E-state index is 5.04. The topological polar surface area (TPSA) is 18.8 Å². The summed E-state index contributed by atoms with van der Waals surface area (Å²) in [6.07, 6.45) is 18.2. The molecule has 2 heterocycles. The molecule has 5 saturated carbocycles. The van der Waals surface area contributed by atoms with Crippen LogP contribution in [0.25, 0.3) is 0 Å². The van der Waals surface area contributed by atoms with Gasteiger partial charge >= 0.3 is 0 Å². The van der Waals surface area contributed by atoms with Crippen LogP contribution in [0.3, 0.4) is 0 Å². The van der Waals surface area contributed by atoms with E-state index in [1.807, 2.05) is 0 Å². The lowest BCUT2D eigenvalue weighted by molar-refractivity contribution is -0.0601. The Morgan fingerprint density at radius 3 is 2.30 bits per heavy atom. The molecule has 0 aromatic carbocycles. The third-order valence-corrected chi connectivity index (χ3v) is 9.57. The average molecular weight is 370 g/mol. The Hall–Kier alpha value is -0.730. The maximum atomic E-state index is 5.04. The summed E-state index contributed by atoms with van der Waals surface area (Å²) in [6, 6.07) is 1.40. The van der Waals surface area contributed by atoms with Gasteiger partial charge < -0.3 is 9.80 Å². The lowest BCUT2D eigenvalue weighted by Gasteiger charge is -2.57. The summed E-state index contributed by atoms with van der Waals surface area (Å²) in [7, 11) is 0.